The fourth-order valence-corrected chi connectivity index (χ4v) is 1.66. The predicted molar refractivity (Wildman–Crippen MR) is 81.4 cm³/mol. The van der Waals surface area contributed by atoms with Crippen LogP contribution in [0.15, 0.2) is 24.3 Å². The highest BCUT2D eigenvalue weighted by atomic mass is 35.5. The maximum absolute atomic E-state index is 10.5. The average molecular weight is 317 g/mol. The molecule has 0 saturated carbocycles. The molecule has 1 aromatic rings. The van der Waals surface area contributed by atoms with Gasteiger partial charge in [-0.1, -0.05) is 23.7 Å². The van der Waals surface area contributed by atoms with Crippen LogP contribution in [0.5, 0.6) is 0 Å². The summed E-state index contributed by atoms with van der Waals surface area (Å²) in [6.45, 7) is 0.792. The largest absolute Gasteiger partial charge is 0.481 e. The van der Waals surface area contributed by atoms with E-state index in [0.717, 1.165) is 5.56 Å². The SMILES string of the molecule is NCC(CC(=O)O)c1ccc(Cl)cc1.NCCCC(=O)O. The Morgan fingerprint density at radius 3 is 2.00 bits per heavy atom. The van der Waals surface area contributed by atoms with E-state index in [4.69, 9.17) is 33.3 Å². The summed E-state index contributed by atoms with van der Waals surface area (Å²) in [5.41, 5.74) is 11.4. The van der Waals surface area contributed by atoms with E-state index < -0.39 is 11.9 Å². The number of carboxylic acids is 2. The van der Waals surface area contributed by atoms with Crippen molar-refractivity contribution in [3.05, 3.63) is 34.9 Å². The highest BCUT2D eigenvalue weighted by Crippen LogP contribution is 2.20. The zero-order valence-electron chi connectivity index (χ0n) is 11.7. The Morgan fingerprint density at radius 1 is 1.10 bits per heavy atom. The summed E-state index contributed by atoms with van der Waals surface area (Å²) in [7, 11) is 0. The summed E-state index contributed by atoms with van der Waals surface area (Å²) in [4.78, 5) is 20.2. The third-order valence-corrected chi connectivity index (χ3v) is 2.89. The Hall–Kier alpha value is -1.63. The van der Waals surface area contributed by atoms with Crippen molar-refractivity contribution in [2.24, 2.45) is 11.5 Å². The number of halogens is 1. The van der Waals surface area contributed by atoms with Gasteiger partial charge in [0.1, 0.15) is 0 Å². The molecule has 6 N–H and O–H groups in total. The van der Waals surface area contributed by atoms with Crippen LogP contribution in [-0.2, 0) is 9.59 Å². The van der Waals surface area contributed by atoms with Gasteiger partial charge in [0.15, 0.2) is 0 Å². The number of hydrogen-bond acceptors (Lipinski definition) is 4. The third kappa shape index (κ3) is 9.84. The van der Waals surface area contributed by atoms with Crippen LogP contribution in [-0.4, -0.2) is 35.2 Å². The normalized spacial score (nSPS) is 11.2. The van der Waals surface area contributed by atoms with Gasteiger partial charge in [-0.25, -0.2) is 0 Å². The molecule has 21 heavy (non-hydrogen) atoms. The molecule has 0 aliphatic carbocycles. The quantitative estimate of drug-likeness (QED) is 0.606. The Morgan fingerprint density at radius 2 is 1.67 bits per heavy atom. The van der Waals surface area contributed by atoms with E-state index in [-0.39, 0.29) is 18.8 Å². The fraction of sp³-hybridized carbons (Fsp3) is 0.429. The molecule has 0 saturated heterocycles. The first kappa shape index (κ1) is 19.4. The Bertz CT molecular complexity index is 437. The zero-order chi connectivity index (χ0) is 16.3. The summed E-state index contributed by atoms with van der Waals surface area (Å²) < 4.78 is 0. The number of rotatable bonds is 7. The number of benzene rings is 1. The number of hydrogen-bond donors (Lipinski definition) is 4. The minimum atomic E-state index is -0.838. The molecule has 1 atom stereocenters. The Balaban J connectivity index is 0.000000486. The number of carbonyl (C=O) groups is 2. The molecule has 0 bridgehead atoms. The minimum absolute atomic E-state index is 0.0537. The van der Waals surface area contributed by atoms with Crippen LogP contribution in [0.2, 0.25) is 5.02 Å². The second-order valence-corrected chi connectivity index (χ2v) is 4.80. The molecule has 6 nitrogen and oxygen atoms in total. The first-order valence-corrected chi connectivity index (χ1v) is 6.87. The van der Waals surface area contributed by atoms with Crippen LogP contribution in [0.1, 0.15) is 30.7 Å². The molecule has 0 aliphatic rings. The van der Waals surface area contributed by atoms with Gasteiger partial charge in [-0.05, 0) is 37.2 Å². The maximum atomic E-state index is 10.5. The van der Waals surface area contributed by atoms with Crippen molar-refractivity contribution in [1.82, 2.24) is 0 Å². The van der Waals surface area contributed by atoms with Gasteiger partial charge >= 0.3 is 11.9 Å². The van der Waals surface area contributed by atoms with E-state index in [2.05, 4.69) is 0 Å². The Kier molecular flexibility index (Phi) is 10.2. The summed E-state index contributed by atoms with van der Waals surface area (Å²) >= 11 is 5.72. The predicted octanol–water partition coefficient (Wildman–Crippen LogP) is 1.67. The van der Waals surface area contributed by atoms with Crippen molar-refractivity contribution in [1.29, 1.82) is 0 Å². The third-order valence-electron chi connectivity index (χ3n) is 2.64. The molecule has 118 valence electrons. The number of aliphatic carboxylic acids is 2. The number of nitrogens with two attached hydrogens (primary N) is 2. The summed E-state index contributed by atoms with van der Waals surface area (Å²) in [5.74, 6) is -1.74. The van der Waals surface area contributed by atoms with E-state index in [1.54, 1.807) is 12.1 Å². The van der Waals surface area contributed by atoms with E-state index in [1.165, 1.54) is 0 Å². The molecule has 0 aliphatic heterocycles. The standard InChI is InChI=1S/C10H12ClNO2.C4H9NO2/c11-9-3-1-7(2-4-9)8(6-12)5-10(13)14;5-3-1-2-4(6)7/h1-4,8H,5-6,12H2,(H,13,14);1-3,5H2,(H,6,7). The van der Waals surface area contributed by atoms with Crippen molar-refractivity contribution < 1.29 is 19.8 Å². The van der Waals surface area contributed by atoms with Crippen LogP contribution in [0, 0.1) is 0 Å². The van der Waals surface area contributed by atoms with Crippen molar-refractivity contribution in [3.63, 3.8) is 0 Å². The van der Waals surface area contributed by atoms with Crippen molar-refractivity contribution >= 4 is 23.5 Å². The lowest BCUT2D eigenvalue weighted by atomic mass is 9.96. The van der Waals surface area contributed by atoms with Crippen LogP contribution >= 0.6 is 11.6 Å². The maximum Gasteiger partial charge on any atom is 0.304 e. The molecular formula is C14H21ClN2O4. The van der Waals surface area contributed by atoms with E-state index in [1.807, 2.05) is 12.1 Å². The van der Waals surface area contributed by atoms with Crippen LogP contribution in [0.3, 0.4) is 0 Å². The average Bonchev–Trinajstić information content (AvgIpc) is 2.44. The molecule has 7 heteroatoms. The van der Waals surface area contributed by atoms with E-state index in [9.17, 15) is 9.59 Å². The van der Waals surface area contributed by atoms with Crippen molar-refractivity contribution in [2.45, 2.75) is 25.2 Å². The van der Waals surface area contributed by atoms with Gasteiger partial charge < -0.3 is 21.7 Å². The van der Waals surface area contributed by atoms with Crippen LogP contribution in [0.25, 0.3) is 0 Å². The van der Waals surface area contributed by atoms with Gasteiger partial charge in [0.2, 0.25) is 0 Å². The molecule has 1 aromatic carbocycles. The van der Waals surface area contributed by atoms with Crippen LogP contribution < -0.4 is 11.5 Å². The minimum Gasteiger partial charge on any atom is -0.481 e. The highest BCUT2D eigenvalue weighted by Gasteiger charge is 2.13. The summed E-state index contributed by atoms with van der Waals surface area (Å²) in [6, 6.07) is 7.09. The molecule has 0 spiro atoms. The first-order chi connectivity index (χ1) is 9.90. The molecule has 0 radical (unpaired) electrons. The van der Waals surface area contributed by atoms with E-state index in [0.29, 0.717) is 24.5 Å². The van der Waals surface area contributed by atoms with Gasteiger partial charge in [0.05, 0.1) is 6.42 Å². The summed E-state index contributed by atoms with van der Waals surface area (Å²) in [6.07, 6.45) is 0.823. The van der Waals surface area contributed by atoms with E-state index >= 15 is 0 Å². The lowest BCUT2D eigenvalue weighted by Gasteiger charge is -2.12. The molecule has 1 rings (SSSR count). The smallest absolute Gasteiger partial charge is 0.304 e. The second kappa shape index (κ2) is 11.1. The topological polar surface area (TPSA) is 127 Å². The van der Waals surface area contributed by atoms with Gasteiger partial charge in [0.25, 0.3) is 0 Å². The second-order valence-electron chi connectivity index (χ2n) is 4.37. The van der Waals surface area contributed by atoms with Crippen molar-refractivity contribution in [3.8, 4) is 0 Å². The number of carboxylic acid groups (broad SMARTS) is 2. The van der Waals surface area contributed by atoms with Crippen LogP contribution in [0.4, 0.5) is 0 Å². The molecule has 0 heterocycles. The van der Waals surface area contributed by atoms with Gasteiger partial charge in [-0.2, -0.15) is 0 Å². The molecule has 0 fully saturated rings. The molecule has 1 unspecified atom stereocenters. The van der Waals surface area contributed by atoms with Gasteiger partial charge in [-0.15, -0.1) is 0 Å². The first-order valence-electron chi connectivity index (χ1n) is 6.49. The monoisotopic (exact) mass is 316 g/mol. The molecular weight excluding hydrogens is 296 g/mol. The lowest BCUT2D eigenvalue weighted by Crippen LogP contribution is -2.16. The molecule has 0 aromatic heterocycles. The summed E-state index contributed by atoms with van der Waals surface area (Å²) in [5, 5.41) is 17.3. The Labute approximate surface area is 128 Å². The highest BCUT2D eigenvalue weighted by molar-refractivity contribution is 6.30. The van der Waals surface area contributed by atoms with Gasteiger partial charge in [-0.3, -0.25) is 9.59 Å². The zero-order valence-corrected chi connectivity index (χ0v) is 12.4. The fourth-order valence-electron chi connectivity index (χ4n) is 1.54. The van der Waals surface area contributed by atoms with Crippen molar-refractivity contribution in [2.75, 3.05) is 13.1 Å². The molecule has 0 amide bonds. The lowest BCUT2D eigenvalue weighted by molar-refractivity contribution is -0.138. The van der Waals surface area contributed by atoms with Gasteiger partial charge in [0, 0.05) is 17.4 Å².